The van der Waals surface area contributed by atoms with Gasteiger partial charge in [0.2, 0.25) is 23.6 Å². The fourth-order valence-electron chi connectivity index (χ4n) is 10.8. The summed E-state index contributed by atoms with van der Waals surface area (Å²) in [5.41, 5.74) is 14.2. The maximum absolute atomic E-state index is 6.15. The third kappa shape index (κ3) is 10.0. The molecule has 1 aliphatic rings. The first-order chi connectivity index (χ1) is 33.6. The van der Waals surface area contributed by atoms with E-state index in [1.54, 1.807) is 0 Å². The van der Waals surface area contributed by atoms with Gasteiger partial charge in [0, 0.05) is 38.5 Å². The third-order valence-corrected chi connectivity index (χ3v) is 15.3. The molecule has 0 fully saturated rings. The number of aromatic nitrogens is 4. The van der Waals surface area contributed by atoms with E-state index in [1.165, 1.54) is 122 Å². The van der Waals surface area contributed by atoms with Crippen molar-refractivity contribution in [2.75, 3.05) is 0 Å². The fourth-order valence-corrected chi connectivity index (χ4v) is 10.8. The first-order valence-corrected chi connectivity index (χ1v) is 25.9. The molecule has 0 radical (unpaired) electrons. The summed E-state index contributed by atoms with van der Waals surface area (Å²) in [6, 6.07) is 52.4. The topological polar surface area (TPSA) is 77.8 Å². The maximum atomic E-state index is 6.15. The van der Waals surface area contributed by atoms with Gasteiger partial charge in [-0.2, -0.15) is 0 Å². The van der Waals surface area contributed by atoms with E-state index >= 15 is 0 Å². The molecular weight excluding hydrogens is 845 g/mol. The van der Waals surface area contributed by atoms with Crippen LogP contribution in [0.4, 0.5) is 0 Å². The Balaban J connectivity index is 1.05. The van der Waals surface area contributed by atoms with Crippen LogP contribution < -0.4 is 0 Å². The molecule has 2 aromatic heterocycles. The zero-order valence-corrected chi connectivity index (χ0v) is 41.9. The minimum atomic E-state index is -0.248. The van der Waals surface area contributed by atoms with Crippen LogP contribution >= 0.6 is 0 Å². The Morgan fingerprint density at radius 3 is 1.04 bits per heavy atom. The molecule has 0 atom stereocenters. The van der Waals surface area contributed by atoms with E-state index in [2.05, 4.69) is 147 Å². The molecular formula is C63H70N4O2. The van der Waals surface area contributed by atoms with E-state index in [0.29, 0.717) is 23.6 Å². The van der Waals surface area contributed by atoms with E-state index in [-0.39, 0.29) is 16.2 Å². The summed E-state index contributed by atoms with van der Waals surface area (Å²) in [6.45, 7) is 14.1. The number of rotatable bonds is 22. The second-order valence-electron chi connectivity index (χ2n) is 20.6. The molecule has 6 aromatic carbocycles. The number of hydrogen-bond donors (Lipinski definition) is 0. The molecule has 69 heavy (non-hydrogen) atoms. The lowest BCUT2D eigenvalue weighted by molar-refractivity contribution is 0.396. The Kier molecular flexibility index (Phi) is 14.6. The predicted octanol–water partition coefficient (Wildman–Crippen LogP) is 17.5. The number of unbranched alkanes of at least 4 members (excludes halogenated alkanes) is 10. The molecule has 6 nitrogen and oxygen atoms in total. The van der Waals surface area contributed by atoms with Crippen LogP contribution in [-0.4, -0.2) is 20.4 Å². The molecule has 354 valence electrons. The summed E-state index contributed by atoms with van der Waals surface area (Å²) in [4.78, 5) is 0. The summed E-state index contributed by atoms with van der Waals surface area (Å²) >= 11 is 0. The van der Waals surface area contributed by atoms with E-state index in [1.807, 2.05) is 60.7 Å². The Labute approximate surface area is 411 Å². The molecule has 0 unspecified atom stereocenters. The second kappa shape index (κ2) is 21.1. The predicted molar refractivity (Wildman–Crippen MR) is 283 cm³/mol. The van der Waals surface area contributed by atoms with Crippen LogP contribution in [0.3, 0.4) is 0 Å². The molecule has 6 heteroatoms. The molecule has 0 N–H and O–H groups in total. The van der Waals surface area contributed by atoms with Gasteiger partial charge in [0.15, 0.2) is 0 Å². The van der Waals surface area contributed by atoms with E-state index < -0.39 is 0 Å². The highest BCUT2D eigenvalue weighted by atomic mass is 16.4. The van der Waals surface area contributed by atoms with Crippen LogP contribution in [0.1, 0.15) is 165 Å². The number of nitrogens with zero attached hydrogens (tertiary/aromatic N) is 4. The van der Waals surface area contributed by atoms with E-state index in [0.717, 1.165) is 35.1 Å². The molecule has 0 spiro atoms. The smallest absolute Gasteiger partial charge is 0.248 e. The van der Waals surface area contributed by atoms with Crippen molar-refractivity contribution in [2.45, 2.75) is 148 Å². The van der Waals surface area contributed by atoms with Gasteiger partial charge in [-0.3, -0.25) is 0 Å². The summed E-state index contributed by atoms with van der Waals surface area (Å²) in [6.07, 6.45) is 17.8. The Morgan fingerprint density at radius 1 is 0.362 bits per heavy atom. The minimum Gasteiger partial charge on any atom is -0.416 e. The lowest BCUT2D eigenvalue weighted by Crippen LogP contribution is -2.28. The van der Waals surface area contributed by atoms with Crippen LogP contribution in [0.5, 0.6) is 0 Å². The van der Waals surface area contributed by atoms with Crippen LogP contribution in [0.25, 0.3) is 56.9 Å². The van der Waals surface area contributed by atoms with Gasteiger partial charge >= 0.3 is 0 Å². The fraction of sp³-hybridized carbons (Fsp3) is 0.365. The first-order valence-electron chi connectivity index (χ1n) is 25.9. The van der Waals surface area contributed by atoms with Crippen molar-refractivity contribution in [1.29, 1.82) is 0 Å². The highest BCUT2D eigenvalue weighted by molar-refractivity contribution is 5.82. The lowest BCUT2D eigenvalue weighted by atomic mass is 9.68. The first kappa shape index (κ1) is 47.7. The molecule has 0 saturated heterocycles. The van der Waals surface area contributed by atoms with Crippen LogP contribution in [0.2, 0.25) is 0 Å². The molecule has 0 saturated carbocycles. The monoisotopic (exact) mass is 915 g/mol. The van der Waals surface area contributed by atoms with Gasteiger partial charge in [-0.05, 0) is 106 Å². The SMILES string of the molecule is CCCCCCCCC1(CCCCCCCC)c2cc(C(C)(C)c3ccc(-c4nnc(-c5ccccc5)o4)cc3)ccc2-c2ccc(C(C)(C)c3ccc(-c4nnc(-c5ccccc5)o4)cc3)cc21. The van der Waals surface area contributed by atoms with Crippen molar-refractivity contribution in [3.8, 4) is 56.9 Å². The zero-order valence-electron chi connectivity index (χ0n) is 41.9. The Morgan fingerprint density at radius 2 is 0.681 bits per heavy atom. The molecule has 0 bridgehead atoms. The van der Waals surface area contributed by atoms with Gasteiger partial charge in [-0.25, -0.2) is 0 Å². The summed E-state index contributed by atoms with van der Waals surface area (Å²) in [7, 11) is 0. The number of hydrogen-bond acceptors (Lipinski definition) is 6. The molecule has 0 amide bonds. The van der Waals surface area contributed by atoms with Gasteiger partial charge in [-0.1, -0.05) is 216 Å². The molecule has 1 aliphatic carbocycles. The second-order valence-corrected chi connectivity index (χ2v) is 20.6. The van der Waals surface area contributed by atoms with Crippen molar-refractivity contribution < 1.29 is 8.83 Å². The molecule has 0 aliphatic heterocycles. The normalized spacial score (nSPS) is 13.1. The van der Waals surface area contributed by atoms with Crippen LogP contribution in [-0.2, 0) is 16.2 Å². The quantitative estimate of drug-likeness (QED) is 0.0630. The Hall–Kier alpha value is -6.40. The van der Waals surface area contributed by atoms with E-state index in [9.17, 15) is 0 Å². The van der Waals surface area contributed by atoms with Crippen molar-refractivity contribution >= 4 is 0 Å². The molecule has 9 rings (SSSR count). The highest BCUT2D eigenvalue weighted by Crippen LogP contribution is 2.56. The zero-order chi connectivity index (χ0) is 47.9. The maximum Gasteiger partial charge on any atom is 0.248 e. The van der Waals surface area contributed by atoms with Gasteiger partial charge in [0.25, 0.3) is 0 Å². The van der Waals surface area contributed by atoms with Gasteiger partial charge in [0.1, 0.15) is 0 Å². The average molecular weight is 915 g/mol. The highest BCUT2D eigenvalue weighted by Gasteiger charge is 2.44. The summed E-state index contributed by atoms with van der Waals surface area (Å²) < 4.78 is 12.3. The Bertz CT molecular complexity index is 2710. The van der Waals surface area contributed by atoms with E-state index in [4.69, 9.17) is 8.83 Å². The van der Waals surface area contributed by atoms with Gasteiger partial charge in [0.05, 0.1) is 0 Å². The summed E-state index contributed by atoms with van der Waals surface area (Å²) in [5, 5.41) is 17.5. The van der Waals surface area contributed by atoms with Gasteiger partial charge in [-0.15, -0.1) is 20.4 Å². The standard InChI is InChI=1S/C63H70N4O2/c1-7-9-11-13-15-23-41-63(42-24-16-14-12-10-8-2)55-43-51(61(3,4)49-33-29-47(30-34-49)59-66-64-57(68-59)45-25-19-17-20-26-45)37-39-53(55)54-40-38-52(44-56(54)63)62(5,6)50-35-31-48(32-36-50)60-67-65-58(69-60)46-27-21-18-22-28-46/h17-22,25-40,43-44H,7-16,23-24,41-42H2,1-6H3. The molecule has 2 heterocycles. The third-order valence-electron chi connectivity index (χ3n) is 15.3. The largest absolute Gasteiger partial charge is 0.416 e. The van der Waals surface area contributed by atoms with Crippen molar-refractivity contribution in [3.05, 3.63) is 179 Å². The van der Waals surface area contributed by atoms with Gasteiger partial charge < -0.3 is 8.83 Å². The average Bonchev–Trinajstić information content (AvgIpc) is 4.15. The molecule has 8 aromatic rings. The summed E-state index contributed by atoms with van der Waals surface area (Å²) in [5.74, 6) is 2.12. The number of benzene rings is 6. The van der Waals surface area contributed by atoms with Crippen LogP contribution in [0, 0.1) is 0 Å². The minimum absolute atomic E-state index is 0.0745. The van der Waals surface area contributed by atoms with Crippen molar-refractivity contribution in [3.63, 3.8) is 0 Å². The number of fused-ring (bicyclic) bond motifs is 3. The lowest BCUT2D eigenvalue weighted by Gasteiger charge is -2.35. The van der Waals surface area contributed by atoms with Crippen molar-refractivity contribution in [1.82, 2.24) is 20.4 Å². The van der Waals surface area contributed by atoms with Crippen LogP contribution in [0.15, 0.2) is 154 Å². The van der Waals surface area contributed by atoms with Crippen molar-refractivity contribution in [2.24, 2.45) is 0 Å².